The molecule has 232 valence electrons. The molecule has 2 aromatic rings. The molecule has 2 aromatic carbocycles. The van der Waals surface area contributed by atoms with Crippen molar-refractivity contribution in [2.45, 2.75) is 77.9 Å². The number of aliphatic hydroxyl groups excluding tert-OH is 1. The lowest BCUT2D eigenvalue weighted by atomic mass is 9.63. The van der Waals surface area contributed by atoms with Crippen molar-refractivity contribution in [2.24, 2.45) is 17.1 Å². The topological polar surface area (TPSA) is 95.7 Å². The number of aliphatic hydroxyl groups is 1. The fraction of sp³-hybridized carbons (Fsp3) is 0.486. The van der Waals surface area contributed by atoms with Crippen LogP contribution in [-0.4, -0.2) is 47.6 Å². The number of amides is 2. The van der Waals surface area contributed by atoms with Crippen LogP contribution in [0.4, 0.5) is 8.78 Å². The van der Waals surface area contributed by atoms with Gasteiger partial charge in [-0.05, 0) is 80.7 Å². The van der Waals surface area contributed by atoms with E-state index in [-0.39, 0.29) is 31.3 Å². The number of carbonyl (C=O) groups excluding carboxylic acids is 2. The highest BCUT2D eigenvalue weighted by Crippen LogP contribution is 2.44. The molecule has 4 rings (SSSR count). The van der Waals surface area contributed by atoms with Crippen LogP contribution < -0.4 is 11.1 Å². The van der Waals surface area contributed by atoms with E-state index in [2.05, 4.69) is 17.4 Å². The largest absolute Gasteiger partial charge is 0.391 e. The van der Waals surface area contributed by atoms with Gasteiger partial charge in [-0.15, -0.1) is 0 Å². The molecule has 43 heavy (non-hydrogen) atoms. The van der Waals surface area contributed by atoms with Gasteiger partial charge in [-0.25, -0.2) is 8.78 Å². The fourth-order valence-electron chi connectivity index (χ4n) is 6.93. The summed E-state index contributed by atoms with van der Waals surface area (Å²) in [6.07, 6.45) is 6.86. The van der Waals surface area contributed by atoms with Crippen LogP contribution in [0.1, 0.15) is 75.6 Å². The monoisotopic (exact) mass is 593 g/mol. The third kappa shape index (κ3) is 7.60. The number of halogens is 2. The second-order valence-electron chi connectivity index (χ2n) is 12.1. The smallest absolute Gasteiger partial charge is 0.249 e. The van der Waals surface area contributed by atoms with E-state index in [9.17, 15) is 23.5 Å². The number of carbonyl (C=O) groups is 2. The normalized spacial score (nSPS) is 21.3. The van der Waals surface area contributed by atoms with Gasteiger partial charge >= 0.3 is 0 Å². The number of allylic oxidation sites excluding steroid dienone is 2. The second kappa shape index (κ2) is 14.4. The van der Waals surface area contributed by atoms with Crippen LogP contribution in [0, 0.1) is 23.0 Å². The van der Waals surface area contributed by atoms with E-state index in [1.165, 1.54) is 23.3 Å². The summed E-state index contributed by atoms with van der Waals surface area (Å²) in [7, 11) is 0. The molecule has 2 amide bonds. The first-order valence-corrected chi connectivity index (χ1v) is 15.5. The molecule has 0 aromatic heterocycles. The quantitative estimate of drug-likeness (QED) is 0.284. The van der Waals surface area contributed by atoms with E-state index >= 15 is 0 Å². The van der Waals surface area contributed by atoms with Crippen LogP contribution in [0.25, 0.3) is 0 Å². The Morgan fingerprint density at radius 1 is 1.12 bits per heavy atom. The maximum atomic E-state index is 14.3. The van der Waals surface area contributed by atoms with Crippen molar-refractivity contribution in [1.82, 2.24) is 10.2 Å². The lowest BCUT2D eigenvalue weighted by Gasteiger charge is -2.42. The highest BCUT2D eigenvalue weighted by Gasteiger charge is 2.48. The number of nitrogens with two attached hydrogens (primary N) is 1. The molecular weight excluding hydrogens is 548 g/mol. The van der Waals surface area contributed by atoms with E-state index in [1.54, 1.807) is 24.0 Å². The minimum Gasteiger partial charge on any atom is -0.391 e. The van der Waals surface area contributed by atoms with Crippen LogP contribution >= 0.6 is 0 Å². The van der Waals surface area contributed by atoms with E-state index in [1.807, 2.05) is 26.0 Å². The fourth-order valence-corrected chi connectivity index (χ4v) is 6.93. The summed E-state index contributed by atoms with van der Waals surface area (Å²) in [6, 6.07) is 11.5. The molecule has 4 N–H and O–H groups in total. The average molecular weight is 594 g/mol. The van der Waals surface area contributed by atoms with Gasteiger partial charge in [0.1, 0.15) is 11.6 Å². The maximum absolute atomic E-state index is 14.3. The van der Waals surface area contributed by atoms with Gasteiger partial charge in [0.25, 0.3) is 0 Å². The predicted octanol–water partition coefficient (Wildman–Crippen LogP) is 5.55. The molecular formula is C35H45F2N3O3. The third-order valence-electron chi connectivity index (χ3n) is 8.82. The number of fused-ring (bicyclic) bond motifs is 1. The zero-order valence-corrected chi connectivity index (χ0v) is 25.5. The van der Waals surface area contributed by atoms with Gasteiger partial charge in [0, 0.05) is 43.2 Å². The van der Waals surface area contributed by atoms with Gasteiger partial charge in [-0.1, -0.05) is 55.8 Å². The summed E-state index contributed by atoms with van der Waals surface area (Å²) in [5, 5.41) is 15.3. The van der Waals surface area contributed by atoms with Crippen molar-refractivity contribution in [1.29, 1.82) is 0 Å². The Morgan fingerprint density at radius 3 is 2.44 bits per heavy atom. The Balaban J connectivity index is 1.70. The number of aryl methyl sites for hydroxylation is 1. The summed E-state index contributed by atoms with van der Waals surface area (Å²) >= 11 is 0. The Morgan fingerprint density at radius 2 is 1.79 bits per heavy atom. The second-order valence-corrected chi connectivity index (χ2v) is 12.1. The first-order chi connectivity index (χ1) is 20.6. The van der Waals surface area contributed by atoms with E-state index in [0.717, 1.165) is 38.2 Å². The number of primary amides is 1. The molecule has 0 fully saturated rings. The van der Waals surface area contributed by atoms with E-state index in [0.29, 0.717) is 29.8 Å². The van der Waals surface area contributed by atoms with Gasteiger partial charge in [0.15, 0.2) is 0 Å². The molecule has 0 heterocycles. The van der Waals surface area contributed by atoms with Gasteiger partial charge in [0.2, 0.25) is 11.8 Å². The maximum Gasteiger partial charge on any atom is 0.249 e. The molecule has 2 aliphatic carbocycles. The zero-order chi connectivity index (χ0) is 31.1. The molecule has 0 saturated carbocycles. The Hall–Kier alpha value is -3.36. The van der Waals surface area contributed by atoms with Crippen molar-refractivity contribution in [3.63, 3.8) is 0 Å². The molecule has 6 nitrogen and oxygen atoms in total. The minimum atomic E-state index is -1.46. The van der Waals surface area contributed by atoms with Crippen molar-refractivity contribution in [3.05, 3.63) is 94.1 Å². The number of hydrogen-bond acceptors (Lipinski definition) is 4. The van der Waals surface area contributed by atoms with Crippen molar-refractivity contribution < 1.29 is 23.5 Å². The summed E-state index contributed by atoms with van der Waals surface area (Å²) in [6.45, 7) is 7.11. The lowest BCUT2D eigenvalue weighted by Crippen LogP contribution is -2.52. The van der Waals surface area contributed by atoms with Gasteiger partial charge in [-0.2, -0.15) is 0 Å². The van der Waals surface area contributed by atoms with Crippen molar-refractivity contribution in [3.8, 4) is 0 Å². The minimum absolute atomic E-state index is 0.00573. The highest BCUT2D eigenvalue weighted by atomic mass is 19.1. The third-order valence-corrected chi connectivity index (χ3v) is 8.82. The Labute approximate surface area is 254 Å². The number of nitrogens with zero attached hydrogens (tertiary/aromatic N) is 1. The molecule has 0 radical (unpaired) electrons. The SMILES string of the molecule is CCCN(CCC)C(=O)C1=CC(C)=CC(C(N)=O)([C@H](Cc2cc(F)cc(F)c2)[C@@H](O)CN[C@H]2CCCc3ccccc32)C1. The lowest BCUT2D eigenvalue weighted by molar-refractivity contribution is -0.132. The summed E-state index contributed by atoms with van der Waals surface area (Å²) in [4.78, 5) is 29.0. The highest BCUT2D eigenvalue weighted by molar-refractivity contribution is 5.97. The van der Waals surface area contributed by atoms with Gasteiger partial charge in [0.05, 0.1) is 11.5 Å². The molecule has 0 spiro atoms. The first kappa shape index (κ1) is 32.6. The van der Waals surface area contributed by atoms with Crippen LogP contribution in [0.3, 0.4) is 0 Å². The summed E-state index contributed by atoms with van der Waals surface area (Å²) < 4.78 is 28.6. The first-order valence-electron chi connectivity index (χ1n) is 15.5. The standard InChI is InChI=1S/C35H45F2N3O3/c1-4-13-40(14-5-2)33(42)26-15-23(3)20-35(21-26,34(38)43)30(18-24-16-27(36)19-28(37)17-24)32(41)22-39-31-12-8-10-25-9-6-7-11-29(25)31/h6-7,9,11,15-17,19-20,30-32,39,41H,4-5,8,10,12-14,18,21-22H2,1-3H3,(H2,38,43)/t30-,31+,32+,35?/m1/s1. The summed E-state index contributed by atoms with van der Waals surface area (Å²) in [5.74, 6) is -3.20. The number of nitrogens with one attached hydrogen (secondary N) is 1. The van der Waals surface area contributed by atoms with E-state index in [4.69, 9.17) is 5.73 Å². The molecule has 0 bridgehead atoms. The number of hydrogen-bond donors (Lipinski definition) is 3. The number of rotatable bonds is 13. The molecule has 4 atom stereocenters. The van der Waals surface area contributed by atoms with Crippen LogP contribution in [0.15, 0.2) is 65.8 Å². The van der Waals surface area contributed by atoms with Crippen LogP contribution in [0.5, 0.6) is 0 Å². The van der Waals surface area contributed by atoms with Crippen molar-refractivity contribution >= 4 is 11.8 Å². The Bertz CT molecular complexity index is 1350. The number of benzene rings is 2. The molecule has 1 unspecified atom stereocenters. The molecule has 0 saturated heterocycles. The molecule has 2 aliphatic rings. The van der Waals surface area contributed by atoms with Gasteiger partial charge in [-0.3, -0.25) is 9.59 Å². The van der Waals surface area contributed by atoms with Crippen LogP contribution in [-0.2, 0) is 22.4 Å². The van der Waals surface area contributed by atoms with Crippen molar-refractivity contribution in [2.75, 3.05) is 19.6 Å². The van der Waals surface area contributed by atoms with Gasteiger partial charge < -0.3 is 21.1 Å². The van der Waals surface area contributed by atoms with Crippen LogP contribution in [0.2, 0.25) is 0 Å². The molecule has 0 aliphatic heterocycles. The zero-order valence-electron chi connectivity index (χ0n) is 25.5. The summed E-state index contributed by atoms with van der Waals surface area (Å²) in [5.41, 5.74) is 8.58. The molecule has 8 heteroatoms. The predicted molar refractivity (Wildman–Crippen MR) is 165 cm³/mol. The van der Waals surface area contributed by atoms with E-state index < -0.39 is 35.0 Å². The average Bonchev–Trinajstić information content (AvgIpc) is 2.97. The Kier molecular flexibility index (Phi) is 10.9.